The van der Waals surface area contributed by atoms with Gasteiger partial charge >= 0.3 is 0 Å². The SMILES string of the molecule is COc1ccc(-c2csc(/N=C(\N)c3nc4ccc(Br)cc4o3)n2)cc1. The first-order valence-electron chi connectivity index (χ1n) is 7.63. The Morgan fingerprint density at radius 3 is 2.77 bits per heavy atom. The van der Waals surface area contributed by atoms with Crippen LogP contribution in [-0.2, 0) is 0 Å². The van der Waals surface area contributed by atoms with Gasteiger partial charge in [0.15, 0.2) is 11.4 Å². The van der Waals surface area contributed by atoms with Crippen LogP contribution in [0.4, 0.5) is 5.13 Å². The van der Waals surface area contributed by atoms with Crippen molar-refractivity contribution in [3.63, 3.8) is 0 Å². The molecule has 4 aromatic rings. The number of hydrogen-bond donors (Lipinski definition) is 1. The molecule has 0 radical (unpaired) electrons. The van der Waals surface area contributed by atoms with Crippen LogP contribution in [0.25, 0.3) is 22.4 Å². The van der Waals surface area contributed by atoms with E-state index in [1.807, 2.05) is 47.8 Å². The minimum absolute atomic E-state index is 0.188. The Kier molecular flexibility index (Phi) is 4.44. The average molecular weight is 429 g/mol. The lowest BCUT2D eigenvalue weighted by Crippen LogP contribution is -2.12. The molecule has 0 aliphatic heterocycles. The highest BCUT2D eigenvalue weighted by Gasteiger charge is 2.11. The summed E-state index contributed by atoms with van der Waals surface area (Å²) in [4.78, 5) is 13.2. The van der Waals surface area contributed by atoms with Crippen molar-refractivity contribution in [1.29, 1.82) is 0 Å². The largest absolute Gasteiger partial charge is 0.497 e. The normalized spacial score (nSPS) is 11.8. The molecule has 2 aromatic heterocycles. The minimum Gasteiger partial charge on any atom is -0.497 e. The molecular formula is C18H13BrN4O2S. The molecule has 0 aliphatic rings. The molecule has 8 heteroatoms. The van der Waals surface area contributed by atoms with Crippen LogP contribution in [0.3, 0.4) is 0 Å². The Balaban J connectivity index is 1.61. The number of fused-ring (bicyclic) bond motifs is 1. The summed E-state index contributed by atoms with van der Waals surface area (Å²) in [6, 6.07) is 13.3. The number of methoxy groups -OCH3 is 1. The van der Waals surface area contributed by atoms with Crippen molar-refractivity contribution in [2.75, 3.05) is 7.11 Å². The first kappa shape index (κ1) is 16.7. The van der Waals surface area contributed by atoms with Gasteiger partial charge in [-0.1, -0.05) is 15.9 Å². The van der Waals surface area contributed by atoms with Gasteiger partial charge in [-0.05, 0) is 42.5 Å². The van der Waals surface area contributed by atoms with Gasteiger partial charge in [0, 0.05) is 15.4 Å². The molecule has 4 rings (SSSR count). The molecule has 0 saturated carbocycles. The van der Waals surface area contributed by atoms with Crippen molar-refractivity contribution in [3.8, 4) is 17.0 Å². The number of hydrogen-bond acceptors (Lipinski definition) is 6. The Hall–Kier alpha value is -2.71. The van der Waals surface area contributed by atoms with E-state index in [4.69, 9.17) is 14.9 Å². The predicted molar refractivity (Wildman–Crippen MR) is 106 cm³/mol. The maximum Gasteiger partial charge on any atom is 0.263 e. The zero-order chi connectivity index (χ0) is 18.1. The fourth-order valence-corrected chi connectivity index (χ4v) is 3.42. The number of nitrogens with zero attached hydrogens (tertiary/aromatic N) is 3. The molecular weight excluding hydrogens is 416 g/mol. The van der Waals surface area contributed by atoms with Crippen LogP contribution in [0.15, 0.2) is 61.7 Å². The summed E-state index contributed by atoms with van der Waals surface area (Å²) in [6.45, 7) is 0. The van der Waals surface area contributed by atoms with Gasteiger partial charge in [-0.2, -0.15) is 4.99 Å². The molecule has 0 aliphatic carbocycles. The van der Waals surface area contributed by atoms with E-state index in [1.165, 1.54) is 11.3 Å². The number of halogens is 1. The summed E-state index contributed by atoms with van der Waals surface area (Å²) in [5.74, 6) is 1.27. The molecule has 2 N–H and O–H groups in total. The van der Waals surface area contributed by atoms with Crippen molar-refractivity contribution in [1.82, 2.24) is 9.97 Å². The number of aliphatic imine (C=N–C) groups is 1. The number of amidine groups is 1. The van der Waals surface area contributed by atoms with E-state index in [-0.39, 0.29) is 11.7 Å². The Morgan fingerprint density at radius 2 is 2.00 bits per heavy atom. The molecule has 2 heterocycles. The van der Waals surface area contributed by atoms with Crippen LogP contribution >= 0.6 is 27.3 Å². The molecule has 0 spiro atoms. The molecule has 0 amide bonds. The summed E-state index contributed by atoms with van der Waals surface area (Å²) >= 11 is 4.80. The molecule has 2 aromatic carbocycles. The third kappa shape index (κ3) is 3.33. The standard InChI is InChI=1S/C18H13BrN4O2S/c1-24-12-5-2-10(3-6-12)14-9-26-18(22-14)23-16(20)17-21-13-7-4-11(19)8-15(13)25-17/h2-9H,1H3,(H2,20,22,23). The smallest absolute Gasteiger partial charge is 0.263 e. The van der Waals surface area contributed by atoms with Crippen LogP contribution in [-0.4, -0.2) is 22.9 Å². The van der Waals surface area contributed by atoms with Crippen LogP contribution < -0.4 is 10.5 Å². The van der Waals surface area contributed by atoms with Crippen molar-refractivity contribution in [2.24, 2.45) is 10.7 Å². The number of oxazole rings is 1. The predicted octanol–water partition coefficient (Wildman–Crippen LogP) is 4.76. The van der Waals surface area contributed by atoms with Gasteiger partial charge in [-0.25, -0.2) is 9.97 Å². The first-order valence-corrected chi connectivity index (χ1v) is 9.30. The number of thiazole rings is 1. The third-order valence-corrected chi connectivity index (χ3v) is 4.89. The fraction of sp³-hybridized carbons (Fsp3) is 0.0556. The summed E-state index contributed by atoms with van der Waals surface area (Å²) in [5.41, 5.74) is 9.22. The third-order valence-electron chi connectivity index (χ3n) is 3.66. The number of aromatic nitrogens is 2. The Bertz CT molecular complexity index is 1100. The summed E-state index contributed by atoms with van der Waals surface area (Å²) in [5, 5.41) is 2.47. The maximum absolute atomic E-state index is 6.05. The van der Waals surface area contributed by atoms with E-state index in [2.05, 4.69) is 30.9 Å². The molecule has 26 heavy (non-hydrogen) atoms. The second-order valence-corrected chi connectivity index (χ2v) is 7.12. The van der Waals surface area contributed by atoms with Crippen molar-refractivity contribution < 1.29 is 9.15 Å². The van der Waals surface area contributed by atoms with Crippen molar-refractivity contribution in [2.45, 2.75) is 0 Å². The van der Waals surface area contributed by atoms with Crippen LogP contribution in [0.5, 0.6) is 5.75 Å². The first-order chi connectivity index (χ1) is 12.6. The van der Waals surface area contributed by atoms with E-state index in [0.29, 0.717) is 10.7 Å². The lowest BCUT2D eigenvalue weighted by atomic mass is 10.2. The zero-order valence-electron chi connectivity index (χ0n) is 13.6. The van der Waals surface area contributed by atoms with Gasteiger partial charge < -0.3 is 14.9 Å². The molecule has 130 valence electrons. The van der Waals surface area contributed by atoms with Gasteiger partial charge in [0.2, 0.25) is 5.13 Å². The quantitative estimate of drug-likeness (QED) is 0.374. The average Bonchev–Trinajstić information content (AvgIpc) is 3.28. The van der Waals surface area contributed by atoms with Gasteiger partial charge in [-0.3, -0.25) is 0 Å². The van der Waals surface area contributed by atoms with E-state index in [0.717, 1.165) is 27.0 Å². The van der Waals surface area contributed by atoms with Gasteiger partial charge in [-0.15, -0.1) is 11.3 Å². The lowest BCUT2D eigenvalue weighted by Gasteiger charge is -2.00. The molecule has 6 nitrogen and oxygen atoms in total. The highest BCUT2D eigenvalue weighted by atomic mass is 79.9. The minimum atomic E-state index is 0.188. The van der Waals surface area contributed by atoms with Gasteiger partial charge in [0.1, 0.15) is 11.3 Å². The molecule has 0 unspecified atom stereocenters. The van der Waals surface area contributed by atoms with Gasteiger partial charge in [0.05, 0.1) is 12.8 Å². The number of benzene rings is 2. The highest BCUT2D eigenvalue weighted by molar-refractivity contribution is 9.10. The molecule has 0 bridgehead atoms. The lowest BCUT2D eigenvalue weighted by molar-refractivity contribution is 0.415. The Morgan fingerprint density at radius 1 is 1.19 bits per heavy atom. The van der Waals surface area contributed by atoms with E-state index < -0.39 is 0 Å². The molecule has 0 saturated heterocycles. The van der Waals surface area contributed by atoms with Crippen LogP contribution in [0, 0.1) is 0 Å². The van der Waals surface area contributed by atoms with E-state index >= 15 is 0 Å². The Labute approximate surface area is 161 Å². The summed E-state index contributed by atoms with van der Waals surface area (Å²) in [6.07, 6.45) is 0. The molecule has 0 atom stereocenters. The number of rotatable bonds is 4. The number of ether oxygens (including phenoxy) is 1. The fourth-order valence-electron chi connectivity index (χ4n) is 2.37. The van der Waals surface area contributed by atoms with Crippen LogP contribution in [0.1, 0.15) is 5.89 Å². The second kappa shape index (κ2) is 6.89. The van der Waals surface area contributed by atoms with E-state index in [1.54, 1.807) is 7.11 Å². The van der Waals surface area contributed by atoms with E-state index in [9.17, 15) is 0 Å². The van der Waals surface area contributed by atoms with Crippen molar-refractivity contribution in [3.05, 3.63) is 58.2 Å². The highest BCUT2D eigenvalue weighted by Crippen LogP contribution is 2.28. The molecule has 0 fully saturated rings. The second-order valence-electron chi connectivity index (χ2n) is 5.37. The number of nitrogens with two attached hydrogens (primary N) is 1. The van der Waals surface area contributed by atoms with Gasteiger partial charge in [0.25, 0.3) is 5.89 Å². The van der Waals surface area contributed by atoms with Crippen molar-refractivity contribution >= 4 is 49.3 Å². The topological polar surface area (TPSA) is 86.5 Å². The monoisotopic (exact) mass is 428 g/mol. The summed E-state index contributed by atoms with van der Waals surface area (Å²) < 4.78 is 11.7. The summed E-state index contributed by atoms with van der Waals surface area (Å²) in [7, 11) is 1.64. The zero-order valence-corrected chi connectivity index (χ0v) is 16.0. The maximum atomic E-state index is 6.05. The van der Waals surface area contributed by atoms with Crippen LogP contribution in [0.2, 0.25) is 0 Å².